The van der Waals surface area contributed by atoms with Crippen LogP contribution in [0.25, 0.3) is 0 Å². The van der Waals surface area contributed by atoms with E-state index in [0.717, 1.165) is 5.56 Å². The second kappa shape index (κ2) is 7.64. The Hall–Kier alpha value is -2.10. The quantitative estimate of drug-likeness (QED) is 0.777. The number of hydrogen-bond acceptors (Lipinski definition) is 4. The van der Waals surface area contributed by atoms with Gasteiger partial charge in [0.05, 0.1) is 24.1 Å². The van der Waals surface area contributed by atoms with Crippen molar-refractivity contribution in [3.05, 3.63) is 48.2 Å². The van der Waals surface area contributed by atoms with E-state index in [1.54, 1.807) is 12.3 Å². The van der Waals surface area contributed by atoms with Gasteiger partial charge in [-0.3, -0.25) is 4.90 Å². The molecule has 1 heterocycles. The lowest BCUT2D eigenvalue weighted by atomic mass is 9.94. The van der Waals surface area contributed by atoms with E-state index in [0.29, 0.717) is 0 Å². The van der Waals surface area contributed by atoms with Crippen molar-refractivity contribution in [3.63, 3.8) is 0 Å². The highest BCUT2D eigenvalue weighted by Crippen LogP contribution is 2.27. The largest absolute Gasteiger partial charge is 0.444 e. The normalized spacial score (nSPS) is 23.6. The molecule has 0 spiro atoms. The smallest absolute Gasteiger partial charge is 0.414 e. The molecule has 6 heteroatoms. The van der Waals surface area contributed by atoms with E-state index < -0.39 is 14.4 Å². The predicted octanol–water partition coefficient (Wildman–Crippen LogP) is 3.90. The molecular weight excluding hydrogens is 320 g/mol. The highest BCUT2D eigenvalue weighted by Gasteiger charge is 2.38. The highest BCUT2D eigenvalue weighted by atomic mass is 28.4. The van der Waals surface area contributed by atoms with Crippen LogP contribution in [0.5, 0.6) is 0 Å². The van der Waals surface area contributed by atoms with Crippen LogP contribution in [0, 0.1) is 17.2 Å². The molecule has 1 aromatic rings. The second-order valence-electron chi connectivity index (χ2n) is 6.88. The molecule has 128 valence electrons. The fraction of sp³-hybridized carbons (Fsp3) is 0.444. The predicted molar refractivity (Wildman–Crippen MR) is 94.4 cm³/mol. The maximum Gasteiger partial charge on any atom is 0.414 e. The summed E-state index contributed by atoms with van der Waals surface area (Å²) in [6.45, 7) is 8.33. The van der Waals surface area contributed by atoms with Crippen molar-refractivity contribution in [2.24, 2.45) is 5.92 Å². The number of ether oxygens (including phenoxy) is 1. The van der Waals surface area contributed by atoms with Crippen molar-refractivity contribution >= 4 is 14.4 Å². The van der Waals surface area contributed by atoms with E-state index in [2.05, 4.69) is 25.7 Å². The van der Waals surface area contributed by atoms with Gasteiger partial charge in [0, 0.05) is 6.20 Å². The van der Waals surface area contributed by atoms with Crippen molar-refractivity contribution in [3.8, 4) is 6.07 Å². The number of nitrogens with zero attached hydrogens (tertiary/aromatic N) is 2. The summed E-state index contributed by atoms with van der Waals surface area (Å²) in [5, 5.41) is 9.35. The first-order chi connectivity index (χ1) is 11.3. The summed E-state index contributed by atoms with van der Waals surface area (Å²) >= 11 is 0. The van der Waals surface area contributed by atoms with Gasteiger partial charge in [-0.1, -0.05) is 30.3 Å². The van der Waals surface area contributed by atoms with E-state index in [-0.39, 0.29) is 24.7 Å². The van der Waals surface area contributed by atoms with Crippen molar-refractivity contribution in [2.75, 3.05) is 0 Å². The van der Waals surface area contributed by atoms with Crippen molar-refractivity contribution < 1.29 is 14.0 Å². The summed E-state index contributed by atoms with van der Waals surface area (Å²) in [5.41, 5.74) is 0.935. The zero-order valence-electron chi connectivity index (χ0n) is 14.6. The Morgan fingerprint density at radius 2 is 1.96 bits per heavy atom. The number of carbonyl (C=O) groups is 1. The van der Waals surface area contributed by atoms with Crippen LogP contribution in [0.1, 0.15) is 12.5 Å². The number of hydrogen-bond donors (Lipinski definition) is 0. The number of carbonyl (C=O) groups excluding carboxylic acids is 1. The molecule has 1 aliphatic heterocycles. The molecule has 1 aliphatic rings. The minimum atomic E-state index is -1.84. The molecule has 24 heavy (non-hydrogen) atoms. The lowest BCUT2D eigenvalue weighted by Gasteiger charge is -2.39. The van der Waals surface area contributed by atoms with Crippen LogP contribution < -0.4 is 0 Å². The third-order valence-corrected chi connectivity index (χ3v) is 4.76. The lowest BCUT2D eigenvalue weighted by Crippen LogP contribution is -2.52. The molecule has 2 rings (SSSR count). The molecule has 0 saturated heterocycles. The van der Waals surface area contributed by atoms with Gasteiger partial charge in [0.2, 0.25) is 0 Å². The first kappa shape index (κ1) is 18.2. The van der Waals surface area contributed by atoms with E-state index in [4.69, 9.17) is 9.16 Å². The average molecular weight is 344 g/mol. The van der Waals surface area contributed by atoms with Crippen LogP contribution in [0.15, 0.2) is 42.6 Å². The van der Waals surface area contributed by atoms with Gasteiger partial charge in [0.1, 0.15) is 6.61 Å². The second-order valence-corrected chi connectivity index (χ2v) is 11.3. The fourth-order valence-electron chi connectivity index (χ4n) is 2.61. The third kappa shape index (κ3) is 4.70. The van der Waals surface area contributed by atoms with Gasteiger partial charge in [-0.25, -0.2) is 4.79 Å². The van der Waals surface area contributed by atoms with Crippen LogP contribution in [0.3, 0.4) is 0 Å². The Bertz CT molecular complexity index is 634. The molecule has 0 radical (unpaired) electrons. The molecule has 0 N–H and O–H groups in total. The van der Waals surface area contributed by atoms with Crippen LogP contribution in [0.4, 0.5) is 4.79 Å². The standard InChI is InChI=1S/C18H24N2O3Si/c1-14-17(23-24(2,3)4)16(12-19)10-11-20(14)18(21)22-13-15-8-6-5-7-9-15/h5-11,14,16-17H,13H2,1-4H3/t14-,16-,17+/m1/s1. The SMILES string of the molecule is C[C@@H]1[C@H](O[Si](C)(C)C)[C@@H](C#N)C=CN1C(=O)OCc1ccccc1. The van der Waals surface area contributed by atoms with Gasteiger partial charge in [-0.2, -0.15) is 5.26 Å². The van der Waals surface area contributed by atoms with Crippen LogP contribution in [-0.4, -0.2) is 31.5 Å². The molecule has 0 bridgehead atoms. The minimum Gasteiger partial charge on any atom is -0.444 e. The molecule has 0 fully saturated rings. The summed E-state index contributed by atoms with van der Waals surface area (Å²) in [6.07, 6.45) is 2.59. The Kier molecular flexibility index (Phi) is 5.81. The Morgan fingerprint density at radius 3 is 2.54 bits per heavy atom. The maximum absolute atomic E-state index is 12.4. The van der Waals surface area contributed by atoms with E-state index in [1.165, 1.54) is 4.90 Å². The van der Waals surface area contributed by atoms with Crippen molar-refractivity contribution in [1.29, 1.82) is 5.26 Å². The number of nitriles is 1. The molecule has 0 saturated carbocycles. The Balaban J connectivity index is 2.06. The Morgan fingerprint density at radius 1 is 1.29 bits per heavy atom. The molecule has 0 aliphatic carbocycles. The summed E-state index contributed by atoms with van der Waals surface area (Å²) in [6, 6.07) is 11.5. The Labute approximate surface area is 144 Å². The monoisotopic (exact) mass is 344 g/mol. The molecule has 1 aromatic carbocycles. The van der Waals surface area contributed by atoms with Gasteiger partial charge in [0.15, 0.2) is 8.32 Å². The van der Waals surface area contributed by atoms with E-state index in [1.807, 2.05) is 37.3 Å². The molecule has 5 nitrogen and oxygen atoms in total. The van der Waals surface area contributed by atoms with Gasteiger partial charge < -0.3 is 9.16 Å². The minimum absolute atomic E-state index is 0.220. The first-order valence-corrected chi connectivity index (χ1v) is 11.5. The van der Waals surface area contributed by atoms with Gasteiger partial charge in [-0.05, 0) is 38.2 Å². The summed E-state index contributed by atoms with van der Waals surface area (Å²) in [7, 11) is -1.84. The van der Waals surface area contributed by atoms with Gasteiger partial charge >= 0.3 is 6.09 Å². The molecule has 3 atom stereocenters. The van der Waals surface area contributed by atoms with Gasteiger partial charge in [0.25, 0.3) is 0 Å². The first-order valence-electron chi connectivity index (χ1n) is 8.06. The average Bonchev–Trinajstić information content (AvgIpc) is 2.54. The highest BCUT2D eigenvalue weighted by molar-refractivity contribution is 6.69. The number of rotatable bonds is 4. The van der Waals surface area contributed by atoms with Crippen LogP contribution in [-0.2, 0) is 15.8 Å². The zero-order chi connectivity index (χ0) is 17.7. The topological polar surface area (TPSA) is 62.6 Å². The fourth-order valence-corrected chi connectivity index (χ4v) is 3.77. The molecule has 0 aromatic heterocycles. The van der Waals surface area contributed by atoms with Crippen molar-refractivity contribution in [2.45, 2.75) is 45.3 Å². The molecular formula is C18H24N2O3Si. The third-order valence-electron chi connectivity index (χ3n) is 3.78. The van der Waals surface area contributed by atoms with E-state index in [9.17, 15) is 10.1 Å². The maximum atomic E-state index is 12.4. The van der Waals surface area contributed by atoms with Gasteiger partial charge in [-0.15, -0.1) is 0 Å². The molecule has 0 unspecified atom stereocenters. The zero-order valence-corrected chi connectivity index (χ0v) is 15.6. The summed E-state index contributed by atoms with van der Waals surface area (Å²) in [4.78, 5) is 13.9. The lowest BCUT2D eigenvalue weighted by molar-refractivity contribution is 0.0474. The summed E-state index contributed by atoms with van der Waals surface area (Å²) < 4.78 is 11.5. The van der Waals surface area contributed by atoms with Crippen LogP contribution in [0.2, 0.25) is 19.6 Å². The summed E-state index contributed by atoms with van der Waals surface area (Å²) in [5.74, 6) is -0.357. The van der Waals surface area contributed by atoms with Crippen molar-refractivity contribution in [1.82, 2.24) is 4.90 Å². The molecule has 1 amide bonds. The number of amides is 1. The number of benzene rings is 1. The van der Waals surface area contributed by atoms with E-state index >= 15 is 0 Å². The van der Waals surface area contributed by atoms with Crippen LogP contribution >= 0.6 is 0 Å².